The monoisotopic (exact) mass is 269 g/mol. The number of hydrogen-bond acceptors (Lipinski definition) is 3. The maximum atomic E-state index is 12.8. The second-order valence-electron chi connectivity index (χ2n) is 3.67. The number of amides is 2. The number of nitrogens with one attached hydrogen (secondary N) is 2. The van der Waals surface area contributed by atoms with Gasteiger partial charge < -0.3 is 5.32 Å². The zero-order valence-corrected chi connectivity index (χ0v) is 9.92. The summed E-state index contributed by atoms with van der Waals surface area (Å²) >= 11 is 5.77. The number of anilines is 1. The molecule has 7 heteroatoms. The van der Waals surface area contributed by atoms with E-state index in [1.54, 1.807) is 0 Å². The molecule has 94 valence electrons. The fraction of sp³-hybridized carbons (Fsp3) is 0.182. The molecule has 1 heterocycles. The van der Waals surface area contributed by atoms with Gasteiger partial charge in [-0.3, -0.25) is 9.59 Å². The van der Waals surface area contributed by atoms with E-state index in [0.29, 0.717) is 5.69 Å². The lowest BCUT2D eigenvalue weighted by Gasteiger charge is -2.12. The van der Waals surface area contributed by atoms with Gasteiger partial charge >= 0.3 is 0 Å². The van der Waals surface area contributed by atoms with E-state index in [1.165, 1.54) is 12.1 Å². The molecule has 1 aliphatic heterocycles. The van der Waals surface area contributed by atoms with E-state index in [2.05, 4.69) is 15.8 Å². The van der Waals surface area contributed by atoms with Crippen LogP contribution in [-0.4, -0.2) is 17.5 Å². The molecule has 1 aromatic rings. The van der Waals surface area contributed by atoms with Gasteiger partial charge in [-0.05, 0) is 18.2 Å². The predicted molar refractivity (Wildman–Crippen MR) is 64.9 cm³/mol. The summed E-state index contributed by atoms with van der Waals surface area (Å²) in [6.45, 7) is 0. The van der Waals surface area contributed by atoms with Gasteiger partial charge in [0.15, 0.2) is 0 Å². The highest BCUT2D eigenvalue weighted by Crippen LogP contribution is 2.22. The molecule has 2 N–H and O–H groups in total. The normalized spacial score (nSPS) is 14.8. The Kier molecular flexibility index (Phi) is 3.57. The Bertz CT molecular complexity index is 545. The maximum Gasteiger partial charge on any atom is 0.271 e. The lowest BCUT2D eigenvalue weighted by atomic mass is 10.1. The van der Waals surface area contributed by atoms with Crippen LogP contribution >= 0.6 is 11.6 Å². The van der Waals surface area contributed by atoms with Crippen molar-refractivity contribution in [3.63, 3.8) is 0 Å². The van der Waals surface area contributed by atoms with Crippen molar-refractivity contribution in [2.45, 2.75) is 12.8 Å². The van der Waals surface area contributed by atoms with E-state index in [4.69, 9.17) is 11.6 Å². The highest BCUT2D eigenvalue weighted by Gasteiger charge is 2.19. The average molecular weight is 270 g/mol. The van der Waals surface area contributed by atoms with E-state index in [0.717, 1.165) is 6.07 Å². The first-order chi connectivity index (χ1) is 8.56. The first kappa shape index (κ1) is 12.5. The van der Waals surface area contributed by atoms with Crippen molar-refractivity contribution in [1.29, 1.82) is 0 Å². The molecule has 2 amide bonds. The molecule has 0 unspecified atom stereocenters. The first-order valence-electron chi connectivity index (χ1n) is 5.18. The Morgan fingerprint density at radius 3 is 2.83 bits per heavy atom. The molecule has 0 bridgehead atoms. The fourth-order valence-electron chi connectivity index (χ4n) is 1.42. The fourth-order valence-corrected chi connectivity index (χ4v) is 1.64. The number of benzene rings is 1. The molecule has 0 atom stereocenters. The molecule has 0 fully saturated rings. The molecular weight excluding hydrogens is 261 g/mol. The van der Waals surface area contributed by atoms with Crippen LogP contribution in [0.15, 0.2) is 23.3 Å². The van der Waals surface area contributed by atoms with E-state index >= 15 is 0 Å². The van der Waals surface area contributed by atoms with E-state index in [9.17, 15) is 14.0 Å². The van der Waals surface area contributed by atoms with Crippen LogP contribution in [0.5, 0.6) is 0 Å². The zero-order chi connectivity index (χ0) is 13.1. The molecule has 18 heavy (non-hydrogen) atoms. The smallest absolute Gasteiger partial charge is 0.271 e. The second kappa shape index (κ2) is 5.14. The minimum atomic E-state index is -0.486. The summed E-state index contributed by atoms with van der Waals surface area (Å²) in [4.78, 5) is 22.6. The number of halogens is 2. The standard InChI is InChI=1S/C11H9ClFN3O2/c12-7-5-6(13)1-2-8(7)14-11(18)9-3-4-10(17)16-15-9/h1-2,5H,3-4H2,(H,14,18)(H,16,17). The first-order valence-corrected chi connectivity index (χ1v) is 5.56. The third kappa shape index (κ3) is 2.84. The van der Waals surface area contributed by atoms with Crippen LogP contribution in [0.3, 0.4) is 0 Å². The Hall–Kier alpha value is -1.95. The van der Waals surface area contributed by atoms with E-state index < -0.39 is 11.7 Å². The number of carbonyl (C=O) groups excluding carboxylic acids is 2. The number of rotatable bonds is 2. The molecule has 0 aromatic heterocycles. The molecule has 0 radical (unpaired) electrons. The zero-order valence-electron chi connectivity index (χ0n) is 9.17. The largest absolute Gasteiger partial charge is 0.320 e. The Morgan fingerprint density at radius 1 is 1.44 bits per heavy atom. The Balaban J connectivity index is 2.09. The average Bonchev–Trinajstić information content (AvgIpc) is 2.33. The Morgan fingerprint density at radius 2 is 2.22 bits per heavy atom. The predicted octanol–water partition coefficient (Wildman–Crippen LogP) is 1.68. The van der Waals surface area contributed by atoms with Gasteiger partial charge in [0.05, 0.1) is 10.7 Å². The number of hydrogen-bond donors (Lipinski definition) is 2. The van der Waals surface area contributed by atoms with Gasteiger partial charge in [0.25, 0.3) is 5.91 Å². The molecule has 0 aliphatic carbocycles. The maximum absolute atomic E-state index is 12.8. The van der Waals surface area contributed by atoms with E-state index in [-0.39, 0.29) is 29.5 Å². The second-order valence-corrected chi connectivity index (χ2v) is 4.08. The van der Waals surface area contributed by atoms with Gasteiger partial charge in [-0.1, -0.05) is 11.6 Å². The van der Waals surface area contributed by atoms with Crippen molar-refractivity contribution in [2.75, 3.05) is 5.32 Å². The summed E-state index contributed by atoms with van der Waals surface area (Å²) in [5.74, 6) is -1.19. The van der Waals surface area contributed by atoms with Gasteiger partial charge in [0.2, 0.25) is 5.91 Å². The summed E-state index contributed by atoms with van der Waals surface area (Å²) in [5, 5.41) is 6.24. The number of carbonyl (C=O) groups is 2. The van der Waals surface area contributed by atoms with Gasteiger partial charge in [-0.25, -0.2) is 9.82 Å². The van der Waals surface area contributed by atoms with Crippen LogP contribution in [0.2, 0.25) is 5.02 Å². The minimum absolute atomic E-state index is 0.101. The van der Waals surface area contributed by atoms with Gasteiger partial charge in [-0.15, -0.1) is 0 Å². The van der Waals surface area contributed by atoms with Crippen molar-refractivity contribution < 1.29 is 14.0 Å². The third-order valence-corrected chi connectivity index (χ3v) is 2.66. The third-order valence-electron chi connectivity index (χ3n) is 2.35. The minimum Gasteiger partial charge on any atom is -0.320 e. The van der Waals surface area contributed by atoms with Crippen molar-refractivity contribution >= 4 is 34.8 Å². The molecule has 2 rings (SSSR count). The quantitative estimate of drug-likeness (QED) is 0.858. The Labute approximate surface area is 107 Å². The van der Waals surface area contributed by atoms with Gasteiger partial charge in [0, 0.05) is 12.8 Å². The lowest BCUT2D eigenvalue weighted by molar-refractivity contribution is -0.121. The highest BCUT2D eigenvalue weighted by atomic mass is 35.5. The molecular formula is C11H9ClFN3O2. The molecule has 1 aliphatic rings. The van der Waals surface area contributed by atoms with Crippen LogP contribution in [0.4, 0.5) is 10.1 Å². The SMILES string of the molecule is O=C1CCC(C(=O)Nc2ccc(F)cc2Cl)=NN1. The summed E-state index contributed by atoms with van der Waals surface area (Å²) in [5.41, 5.74) is 2.72. The van der Waals surface area contributed by atoms with Crippen molar-refractivity contribution in [2.24, 2.45) is 5.10 Å². The van der Waals surface area contributed by atoms with Crippen LogP contribution < -0.4 is 10.7 Å². The van der Waals surface area contributed by atoms with Crippen LogP contribution in [0, 0.1) is 5.82 Å². The topological polar surface area (TPSA) is 70.6 Å². The molecule has 0 spiro atoms. The number of nitrogens with zero attached hydrogens (tertiary/aromatic N) is 1. The summed E-state index contributed by atoms with van der Waals surface area (Å²) < 4.78 is 12.8. The summed E-state index contributed by atoms with van der Waals surface area (Å²) in [6, 6.07) is 3.64. The van der Waals surface area contributed by atoms with Crippen molar-refractivity contribution in [3.05, 3.63) is 29.0 Å². The molecule has 1 aromatic carbocycles. The summed E-state index contributed by atoms with van der Waals surface area (Å²) in [7, 11) is 0. The van der Waals surface area contributed by atoms with Gasteiger partial charge in [-0.2, -0.15) is 5.10 Å². The van der Waals surface area contributed by atoms with Crippen molar-refractivity contribution in [1.82, 2.24) is 5.43 Å². The highest BCUT2D eigenvalue weighted by molar-refractivity contribution is 6.44. The number of hydrazone groups is 1. The molecule has 5 nitrogen and oxygen atoms in total. The van der Waals surface area contributed by atoms with Crippen LogP contribution in [0.25, 0.3) is 0 Å². The molecule has 0 saturated heterocycles. The molecule has 0 saturated carbocycles. The van der Waals surface area contributed by atoms with Crippen LogP contribution in [-0.2, 0) is 9.59 Å². The summed E-state index contributed by atoms with van der Waals surface area (Å²) in [6.07, 6.45) is 0.472. The van der Waals surface area contributed by atoms with E-state index in [1.807, 2.05) is 0 Å². The van der Waals surface area contributed by atoms with Gasteiger partial charge in [0.1, 0.15) is 11.5 Å². The van der Waals surface area contributed by atoms with Crippen molar-refractivity contribution in [3.8, 4) is 0 Å². The van der Waals surface area contributed by atoms with Crippen LogP contribution in [0.1, 0.15) is 12.8 Å². The lowest BCUT2D eigenvalue weighted by Crippen LogP contribution is -2.32.